The van der Waals surface area contributed by atoms with Crippen LogP contribution < -0.4 is 5.32 Å². The van der Waals surface area contributed by atoms with Gasteiger partial charge >= 0.3 is 0 Å². The highest BCUT2D eigenvalue weighted by Gasteiger charge is 2.04. The summed E-state index contributed by atoms with van der Waals surface area (Å²) in [5, 5.41) is 3.34. The Bertz CT molecular complexity index is 281. The van der Waals surface area contributed by atoms with Gasteiger partial charge in [-0.2, -0.15) is 0 Å². The van der Waals surface area contributed by atoms with Crippen molar-refractivity contribution in [3.8, 4) is 0 Å². The lowest BCUT2D eigenvalue weighted by molar-refractivity contribution is 0.302. The van der Waals surface area contributed by atoms with Gasteiger partial charge in [0, 0.05) is 6.04 Å². The summed E-state index contributed by atoms with van der Waals surface area (Å²) in [7, 11) is 2.09. The topological polar surface area (TPSA) is 28.4 Å². The van der Waals surface area contributed by atoms with Crippen molar-refractivity contribution in [2.24, 2.45) is 0 Å². The summed E-state index contributed by atoms with van der Waals surface area (Å²) < 4.78 is 5.70. The van der Waals surface area contributed by atoms with E-state index in [1.807, 2.05) is 6.07 Å². The standard InChI is InChI=1S/C12H22N2O/c1-5-14(4)9-12-7-6-11(15-12)8-13-10(2)3/h6-7,10,13H,5,8-9H2,1-4H3. The minimum atomic E-state index is 0.497. The van der Waals surface area contributed by atoms with Crippen LogP contribution in [-0.4, -0.2) is 24.5 Å². The van der Waals surface area contributed by atoms with Crippen molar-refractivity contribution in [1.82, 2.24) is 10.2 Å². The Morgan fingerprint density at radius 2 is 2.00 bits per heavy atom. The highest BCUT2D eigenvalue weighted by Crippen LogP contribution is 2.09. The summed E-state index contributed by atoms with van der Waals surface area (Å²) in [4.78, 5) is 2.22. The Kier molecular flexibility index (Phi) is 4.85. The lowest BCUT2D eigenvalue weighted by Crippen LogP contribution is -2.21. The SMILES string of the molecule is CCN(C)Cc1ccc(CNC(C)C)o1. The molecule has 1 aromatic heterocycles. The monoisotopic (exact) mass is 210 g/mol. The first-order valence-corrected chi connectivity index (χ1v) is 5.61. The summed E-state index contributed by atoms with van der Waals surface area (Å²) in [5.74, 6) is 2.06. The van der Waals surface area contributed by atoms with Gasteiger partial charge in [0.1, 0.15) is 11.5 Å². The molecule has 1 aromatic rings. The van der Waals surface area contributed by atoms with Gasteiger partial charge in [-0.25, -0.2) is 0 Å². The summed E-state index contributed by atoms with van der Waals surface area (Å²) in [6.45, 7) is 9.15. The van der Waals surface area contributed by atoms with Crippen LogP contribution in [0.5, 0.6) is 0 Å². The number of hydrogen-bond donors (Lipinski definition) is 1. The average Bonchev–Trinajstić information content (AvgIpc) is 2.62. The number of nitrogens with one attached hydrogen (secondary N) is 1. The van der Waals surface area contributed by atoms with Crippen molar-refractivity contribution >= 4 is 0 Å². The third kappa shape index (κ3) is 4.49. The van der Waals surface area contributed by atoms with Crippen molar-refractivity contribution in [3.05, 3.63) is 23.7 Å². The smallest absolute Gasteiger partial charge is 0.118 e. The molecular weight excluding hydrogens is 188 g/mol. The van der Waals surface area contributed by atoms with Gasteiger partial charge < -0.3 is 9.73 Å². The van der Waals surface area contributed by atoms with Crippen LogP contribution in [0.25, 0.3) is 0 Å². The molecular formula is C12H22N2O. The molecule has 0 bridgehead atoms. The summed E-state index contributed by atoms with van der Waals surface area (Å²) in [5.41, 5.74) is 0. The fourth-order valence-corrected chi connectivity index (χ4v) is 1.28. The molecule has 0 unspecified atom stereocenters. The van der Waals surface area contributed by atoms with Crippen LogP contribution in [0.4, 0.5) is 0 Å². The summed E-state index contributed by atoms with van der Waals surface area (Å²) in [6, 6.07) is 4.61. The molecule has 0 amide bonds. The van der Waals surface area contributed by atoms with Crippen LogP contribution in [0, 0.1) is 0 Å². The van der Waals surface area contributed by atoms with E-state index >= 15 is 0 Å². The third-order valence-electron chi connectivity index (χ3n) is 2.37. The van der Waals surface area contributed by atoms with Crippen LogP contribution in [-0.2, 0) is 13.1 Å². The highest BCUT2D eigenvalue weighted by molar-refractivity contribution is 5.07. The van der Waals surface area contributed by atoms with E-state index in [0.29, 0.717) is 6.04 Å². The number of furan rings is 1. The summed E-state index contributed by atoms with van der Waals surface area (Å²) in [6.07, 6.45) is 0. The number of rotatable bonds is 6. The Hall–Kier alpha value is -0.800. The number of nitrogens with zero attached hydrogens (tertiary/aromatic N) is 1. The zero-order valence-electron chi connectivity index (χ0n) is 10.2. The fourth-order valence-electron chi connectivity index (χ4n) is 1.28. The predicted octanol–water partition coefficient (Wildman–Crippen LogP) is 2.23. The Morgan fingerprint density at radius 1 is 1.33 bits per heavy atom. The first-order valence-electron chi connectivity index (χ1n) is 5.61. The maximum absolute atomic E-state index is 5.70. The lowest BCUT2D eigenvalue weighted by Gasteiger charge is -2.11. The minimum absolute atomic E-state index is 0.497. The fraction of sp³-hybridized carbons (Fsp3) is 0.667. The van der Waals surface area contributed by atoms with E-state index in [9.17, 15) is 0 Å². The maximum Gasteiger partial charge on any atom is 0.118 e. The van der Waals surface area contributed by atoms with Crippen molar-refractivity contribution < 1.29 is 4.42 Å². The van der Waals surface area contributed by atoms with Gasteiger partial charge in [0.25, 0.3) is 0 Å². The van der Waals surface area contributed by atoms with E-state index in [2.05, 4.69) is 44.1 Å². The predicted molar refractivity (Wildman–Crippen MR) is 62.7 cm³/mol. The molecule has 0 saturated carbocycles. The van der Waals surface area contributed by atoms with Crippen molar-refractivity contribution in [2.75, 3.05) is 13.6 Å². The molecule has 0 aliphatic carbocycles. The first kappa shape index (κ1) is 12.3. The van der Waals surface area contributed by atoms with Gasteiger partial charge in [-0.1, -0.05) is 20.8 Å². The maximum atomic E-state index is 5.70. The van der Waals surface area contributed by atoms with Gasteiger partial charge in [-0.15, -0.1) is 0 Å². The molecule has 3 heteroatoms. The molecule has 0 fully saturated rings. The van der Waals surface area contributed by atoms with Crippen molar-refractivity contribution in [2.45, 2.75) is 39.9 Å². The van der Waals surface area contributed by atoms with Crippen LogP contribution >= 0.6 is 0 Å². The van der Waals surface area contributed by atoms with Crippen molar-refractivity contribution in [3.63, 3.8) is 0 Å². The van der Waals surface area contributed by atoms with Gasteiger partial charge in [0.05, 0.1) is 13.1 Å². The average molecular weight is 210 g/mol. The Labute approximate surface area is 92.5 Å². The van der Waals surface area contributed by atoms with Crippen LogP contribution in [0.2, 0.25) is 0 Å². The molecule has 0 saturated heterocycles. The van der Waals surface area contributed by atoms with Crippen LogP contribution in [0.15, 0.2) is 16.5 Å². The second-order valence-electron chi connectivity index (χ2n) is 4.23. The molecule has 0 aliphatic rings. The third-order valence-corrected chi connectivity index (χ3v) is 2.37. The molecule has 1 rings (SSSR count). The van der Waals surface area contributed by atoms with Gasteiger partial charge in [-0.05, 0) is 25.7 Å². The molecule has 0 aliphatic heterocycles. The van der Waals surface area contributed by atoms with Crippen molar-refractivity contribution in [1.29, 1.82) is 0 Å². The largest absolute Gasteiger partial charge is 0.463 e. The molecule has 15 heavy (non-hydrogen) atoms. The van der Waals surface area contributed by atoms with Gasteiger partial charge in [-0.3, -0.25) is 4.90 Å². The molecule has 86 valence electrons. The molecule has 1 N–H and O–H groups in total. The Morgan fingerprint density at radius 3 is 2.60 bits per heavy atom. The lowest BCUT2D eigenvalue weighted by atomic mass is 10.3. The molecule has 0 spiro atoms. The molecule has 0 aromatic carbocycles. The Balaban J connectivity index is 2.42. The molecule has 1 heterocycles. The first-order chi connectivity index (χ1) is 7.11. The van der Waals surface area contributed by atoms with Gasteiger partial charge in [0.15, 0.2) is 0 Å². The van der Waals surface area contributed by atoms with E-state index < -0.39 is 0 Å². The van der Waals surface area contributed by atoms with E-state index in [1.165, 1.54) is 0 Å². The zero-order valence-corrected chi connectivity index (χ0v) is 10.2. The molecule has 3 nitrogen and oxygen atoms in total. The normalized spacial score (nSPS) is 11.6. The quantitative estimate of drug-likeness (QED) is 0.780. The second-order valence-corrected chi connectivity index (χ2v) is 4.23. The summed E-state index contributed by atoms with van der Waals surface area (Å²) >= 11 is 0. The van der Waals surface area contributed by atoms with E-state index in [1.54, 1.807) is 0 Å². The zero-order chi connectivity index (χ0) is 11.3. The highest BCUT2D eigenvalue weighted by atomic mass is 16.3. The molecule has 0 radical (unpaired) electrons. The molecule has 0 atom stereocenters. The number of hydrogen-bond acceptors (Lipinski definition) is 3. The van der Waals surface area contributed by atoms with Crippen LogP contribution in [0.1, 0.15) is 32.3 Å². The van der Waals surface area contributed by atoms with E-state index in [0.717, 1.165) is 31.2 Å². The van der Waals surface area contributed by atoms with E-state index in [-0.39, 0.29) is 0 Å². The minimum Gasteiger partial charge on any atom is -0.463 e. The second kappa shape index (κ2) is 5.93. The van der Waals surface area contributed by atoms with Crippen LogP contribution in [0.3, 0.4) is 0 Å². The van der Waals surface area contributed by atoms with Gasteiger partial charge in [0.2, 0.25) is 0 Å². The van der Waals surface area contributed by atoms with E-state index in [4.69, 9.17) is 4.42 Å².